The zero-order valence-electron chi connectivity index (χ0n) is 25.0. The third-order valence-electron chi connectivity index (χ3n) is 7.43. The molecule has 0 aliphatic carbocycles. The SMILES string of the molecule is CCCCCCCC/C=C/CCCCCCCC(=O)CCCCCCC/C=C/CCCCCCCC. The van der Waals surface area contributed by atoms with Gasteiger partial charge in [-0.2, -0.15) is 0 Å². The zero-order valence-corrected chi connectivity index (χ0v) is 25.0. The third-order valence-corrected chi connectivity index (χ3v) is 7.43. The molecule has 0 fully saturated rings. The number of carbonyl (C=O) groups is 1. The summed E-state index contributed by atoms with van der Waals surface area (Å²) in [6, 6.07) is 0. The van der Waals surface area contributed by atoms with E-state index in [2.05, 4.69) is 38.2 Å². The van der Waals surface area contributed by atoms with Crippen molar-refractivity contribution in [1.82, 2.24) is 0 Å². The van der Waals surface area contributed by atoms with Gasteiger partial charge >= 0.3 is 0 Å². The predicted octanol–water partition coefficient (Wildman–Crippen LogP) is 12.6. The van der Waals surface area contributed by atoms with E-state index < -0.39 is 0 Å². The fourth-order valence-corrected chi connectivity index (χ4v) is 4.91. The summed E-state index contributed by atoms with van der Waals surface area (Å²) >= 11 is 0. The maximum Gasteiger partial charge on any atom is 0.132 e. The highest BCUT2D eigenvalue weighted by Gasteiger charge is 2.02. The van der Waals surface area contributed by atoms with Gasteiger partial charge in [0.1, 0.15) is 5.78 Å². The molecule has 0 unspecified atom stereocenters. The molecule has 212 valence electrons. The van der Waals surface area contributed by atoms with Gasteiger partial charge in [0.25, 0.3) is 0 Å². The Morgan fingerprint density at radius 1 is 0.361 bits per heavy atom. The molecule has 1 heteroatoms. The van der Waals surface area contributed by atoms with Crippen molar-refractivity contribution in [3.05, 3.63) is 24.3 Å². The van der Waals surface area contributed by atoms with E-state index in [1.54, 1.807) is 0 Å². The third kappa shape index (κ3) is 31.2. The first-order chi connectivity index (χ1) is 17.8. The smallest absolute Gasteiger partial charge is 0.132 e. The minimum Gasteiger partial charge on any atom is -0.300 e. The minimum atomic E-state index is 0.505. The molecule has 36 heavy (non-hydrogen) atoms. The van der Waals surface area contributed by atoms with Crippen molar-refractivity contribution in [2.75, 3.05) is 0 Å². The van der Waals surface area contributed by atoms with Crippen LogP contribution >= 0.6 is 0 Å². The fraction of sp³-hybridized carbons (Fsp3) is 0.857. The summed E-state index contributed by atoms with van der Waals surface area (Å²) in [5, 5.41) is 0. The van der Waals surface area contributed by atoms with Crippen LogP contribution in [0.4, 0.5) is 0 Å². The Labute approximate surface area is 228 Å². The number of hydrogen-bond acceptors (Lipinski definition) is 1. The van der Waals surface area contributed by atoms with Gasteiger partial charge in [-0.1, -0.05) is 141 Å². The lowest BCUT2D eigenvalue weighted by atomic mass is 10.0. The number of unbranched alkanes of at least 4 members (excludes halogenated alkanes) is 22. The van der Waals surface area contributed by atoms with Crippen molar-refractivity contribution in [2.24, 2.45) is 0 Å². The molecular formula is C35H66O. The molecule has 0 N–H and O–H groups in total. The minimum absolute atomic E-state index is 0.505. The monoisotopic (exact) mass is 503 g/mol. The molecule has 1 nitrogen and oxygen atoms in total. The molecule has 0 saturated carbocycles. The normalized spacial score (nSPS) is 11.8. The van der Waals surface area contributed by atoms with Crippen molar-refractivity contribution in [3.63, 3.8) is 0 Å². The molecule has 0 radical (unpaired) electrons. The quantitative estimate of drug-likeness (QED) is 0.0704. The molecule has 0 saturated heterocycles. The van der Waals surface area contributed by atoms with Crippen LogP contribution in [0, 0.1) is 0 Å². The molecular weight excluding hydrogens is 436 g/mol. The molecule has 0 aromatic heterocycles. The summed E-state index contributed by atoms with van der Waals surface area (Å²) in [5.41, 5.74) is 0. The maximum atomic E-state index is 12.1. The average Bonchev–Trinajstić information content (AvgIpc) is 2.88. The predicted molar refractivity (Wildman–Crippen MR) is 164 cm³/mol. The van der Waals surface area contributed by atoms with Crippen LogP contribution in [0.25, 0.3) is 0 Å². The highest BCUT2D eigenvalue weighted by atomic mass is 16.1. The summed E-state index contributed by atoms with van der Waals surface area (Å²) in [4.78, 5) is 12.1. The first-order valence-corrected chi connectivity index (χ1v) is 16.6. The molecule has 0 aliphatic heterocycles. The van der Waals surface area contributed by atoms with Crippen LogP contribution in [0.3, 0.4) is 0 Å². The number of rotatable bonds is 30. The van der Waals surface area contributed by atoms with Crippen LogP contribution < -0.4 is 0 Å². The van der Waals surface area contributed by atoms with Gasteiger partial charge in [0.05, 0.1) is 0 Å². The van der Waals surface area contributed by atoms with E-state index in [-0.39, 0.29) is 0 Å². The van der Waals surface area contributed by atoms with Gasteiger partial charge in [-0.15, -0.1) is 0 Å². The first kappa shape index (κ1) is 35.2. The lowest BCUT2D eigenvalue weighted by Crippen LogP contribution is -1.97. The summed E-state index contributed by atoms with van der Waals surface area (Å²) in [5.74, 6) is 0.505. The molecule has 0 rings (SSSR count). The lowest BCUT2D eigenvalue weighted by Gasteiger charge is -2.03. The van der Waals surface area contributed by atoms with E-state index in [0.717, 1.165) is 25.7 Å². The van der Waals surface area contributed by atoms with Crippen molar-refractivity contribution in [2.45, 2.75) is 194 Å². The van der Waals surface area contributed by atoms with Crippen molar-refractivity contribution in [1.29, 1.82) is 0 Å². The van der Waals surface area contributed by atoms with Crippen LogP contribution in [0.5, 0.6) is 0 Å². The van der Waals surface area contributed by atoms with Crippen LogP contribution in [0.2, 0.25) is 0 Å². The highest BCUT2D eigenvalue weighted by Crippen LogP contribution is 2.13. The number of Topliss-reactive ketones (excluding diaryl/α,β-unsaturated/α-hetero) is 1. The average molecular weight is 503 g/mol. The fourth-order valence-electron chi connectivity index (χ4n) is 4.91. The standard InChI is InChI=1S/C35H66O/c1-3-5-7-9-11-13-15-17-19-21-23-25-27-29-31-33-35(36)34-32-30-28-26-24-22-20-18-16-14-12-10-8-6-4-2/h17-20H,3-16,21-34H2,1-2H3/b19-17+,20-18+. The van der Waals surface area contributed by atoms with E-state index in [9.17, 15) is 4.79 Å². The Hall–Kier alpha value is -0.850. The van der Waals surface area contributed by atoms with Crippen molar-refractivity contribution < 1.29 is 4.79 Å². The number of carbonyl (C=O) groups excluding carboxylic acids is 1. The molecule has 0 atom stereocenters. The second kappa shape index (κ2) is 32.2. The number of ketones is 1. The first-order valence-electron chi connectivity index (χ1n) is 16.6. The largest absolute Gasteiger partial charge is 0.300 e. The summed E-state index contributed by atoms with van der Waals surface area (Å²) in [6.07, 6.45) is 45.5. The van der Waals surface area contributed by atoms with Crippen LogP contribution in [-0.4, -0.2) is 5.78 Å². The van der Waals surface area contributed by atoms with E-state index >= 15 is 0 Å². The van der Waals surface area contributed by atoms with Crippen molar-refractivity contribution >= 4 is 5.78 Å². The Bertz CT molecular complexity index is 433. The number of hydrogen-bond donors (Lipinski definition) is 0. The molecule has 0 heterocycles. The van der Waals surface area contributed by atoms with E-state index in [1.165, 1.54) is 154 Å². The van der Waals surface area contributed by atoms with Gasteiger partial charge in [0.2, 0.25) is 0 Å². The van der Waals surface area contributed by atoms with Gasteiger partial charge in [-0.25, -0.2) is 0 Å². The summed E-state index contributed by atoms with van der Waals surface area (Å²) < 4.78 is 0. The molecule has 0 spiro atoms. The van der Waals surface area contributed by atoms with Gasteiger partial charge < -0.3 is 0 Å². The Balaban J connectivity index is 3.24. The second-order valence-electron chi connectivity index (χ2n) is 11.2. The molecule has 0 bridgehead atoms. The molecule has 0 aliphatic rings. The van der Waals surface area contributed by atoms with Gasteiger partial charge in [-0.05, 0) is 64.2 Å². The van der Waals surface area contributed by atoms with Crippen LogP contribution in [0.1, 0.15) is 194 Å². The van der Waals surface area contributed by atoms with Gasteiger partial charge in [-0.3, -0.25) is 4.79 Å². The molecule has 0 aromatic carbocycles. The van der Waals surface area contributed by atoms with Crippen LogP contribution in [-0.2, 0) is 4.79 Å². The molecule has 0 aromatic rings. The Kier molecular flexibility index (Phi) is 31.4. The highest BCUT2D eigenvalue weighted by molar-refractivity contribution is 5.78. The van der Waals surface area contributed by atoms with E-state index in [0.29, 0.717) is 5.78 Å². The second-order valence-corrected chi connectivity index (χ2v) is 11.2. The van der Waals surface area contributed by atoms with E-state index in [4.69, 9.17) is 0 Å². The van der Waals surface area contributed by atoms with Crippen molar-refractivity contribution in [3.8, 4) is 0 Å². The molecule has 0 amide bonds. The lowest BCUT2D eigenvalue weighted by molar-refractivity contribution is -0.119. The van der Waals surface area contributed by atoms with Crippen LogP contribution in [0.15, 0.2) is 24.3 Å². The number of allylic oxidation sites excluding steroid dienone is 4. The Morgan fingerprint density at radius 2 is 0.611 bits per heavy atom. The summed E-state index contributed by atoms with van der Waals surface area (Å²) in [7, 11) is 0. The zero-order chi connectivity index (χ0) is 26.2. The van der Waals surface area contributed by atoms with E-state index in [1.807, 2.05) is 0 Å². The summed E-state index contributed by atoms with van der Waals surface area (Å²) in [6.45, 7) is 4.56. The topological polar surface area (TPSA) is 17.1 Å². The van der Waals surface area contributed by atoms with Gasteiger partial charge in [0.15, 0.2) is 0 Å². The Morgan fingerprint density at radius 3 is 0.917 bits per heavy atom. The maximum absolute atomic E-state index is 12.1. The van der Waals surface area contributed by atoms with Gasteiger partial charge in [0, 0.05) is 12.8 Å².